The SMILES string of the molecule is CCOC(=O)CCc1ccc2c(n1)N(C(=O)O)CCC2. The smallest absolute Gasteiger partial charge is 0.413 e. The molecular weight excluding hydrogens is 260 g/mol. The van der Waals surface area contributed by atoms with E-state index in [9.17, 15) is 14.7 Å². The van der Waals surface area contributed by atoms with Crippen molar-refractivity contribution in [2.75, 3.05) is 18.1 Å². The molecule has 1 aromatic rings. The second kappa shape index (κ2) is 6.36. The summed E-state index contributed by atoms with van der Waals surface area (Å²) in [6.45, 7) is 2.60. The third kappa shape index (κ3) is 3.26. The Morgan fingerprint density at radius 2 is 2.25 bits per heavy atom. The Hall–Kier alpha value is -2.11. The molecule has 0 aromatic carbocycles. The monoisotopic (exact) mass is 278 g/mol. The lowest BCUT2D eigenvalue weighted by Gasteiger charge is -2.26. The number of amides is 1. The lowest BCUT2D eigenvalue weighted by atomic mass is 10.0. The van der Waals surface area contributed by atoms with Gasteiger partial charge in [-0.1, -0.05) is 6.07 Å². The van der Waals surface area contributed by atoms with E-state index in [0.29, 0.717) is 31.1 Å². The maximum Gasteiger partial charge on any atom is 0.413 e. The fraction of sp³-hybridized carbons (Fsp3) is 0.500. The van der Waals surface area contributed by atoms with Crippen molar-refractivity contribution in [2.45, 2.75) is 32.6 Å². The maximum atomic E-state index is 11.3. The molecule has 20 heavy (non-hydrogen) atoms. The molecular formula is C14H18N2O4. The molecule has 0 radical (unpaired) electrons. The Labute approximate surface area is 117 Å². The van der Waals surface area contributed by atoms with Crippen molar-refractivity contribution in [1.29, 1.82) is 0 Å². The van der Waals surface area contributed by atoms with Crippen molar-refractivity contribution in [3.05, 3.63) is 23.4 Å². The number of hydrogen-bond donors (Lipinski definition) is 1. The van der Waals surface area contributed by atoms with Crippen molar-refractivity contribution in [1.82, 2.24) is 4.98 Å². The van der Waals surface area contributed by atoms with Crippen molar-refractivity contribution in [3.63, 3.8) is 0 Å². The molecule has 6 nitrogen and oxygen atoms in total. The first-order chi connectivity index (χ1) is 9.61. The molecule has 1 aliphatic rings. The number of aromatic nitrogens is 1. The first-order valence-electron chi connectivity index (χ1n) is 6.76. The second-order valence-corrected chi connectivity index (χ2v) is 4.63. The van der Waals surface area contributed by atoms with Crippen LogP contribution in [0.15, 0.2) is 12.1 Å². The molecule has 0 fully saturated rings. The van der Waals surface area contributed by atoms with Crippen molar-refractivity contribution in [3.8, 4) is 0 Å². The highest BCUT2D eigenvalue weighted by Gasteiger charge is 2.23. The van der Waals surface area contributed by atoms with Crippen molar-refractivity contribution in [2.24, 2.45) is 0 Å². The molecule has 1 aliphatic heterocycles. The highest BCUT2D eigenvalue weighted by Crippen LogP contribution is 2.25. The molecule has 0 atom stereocenters. The fourth-order valence-electron chi connectivity index (χ4n) is 2.27. The second-order valence-electron chi connectivity index (χ2n) is 4.63. The summed E-state index contributed by atoms with van der Waals surface area (Å²) >= 11 is 0. The summed E-state index contributed by atoms with van der Waals surface area (Å²) in [7, 11) is 0. The number of anilines is 1. The molecule has 2 rings (SSSR count). The Balaban J connectivity index is 2.11. The van der Waals surface area contributed by atoms with Gasteiger partial charge in [0.05, 0.1) is 13.0 Å². The number of hydrogen-bond acceptors (Lipinski definition) is 4. The van der Waals surface area contributed by atoms with Crippen LogP contribution in [0, 0.1) is 0 Å². The van der Waals surface area contributed by atoms with Gasteiger partial charge >= 0.3 is 12.1 Å². The minimum atomic E-state index is -0.985. The van der Waals surface area contributed by atoms with Crippen LogP contribution in [0.25, 0.3) is 0 Å². The third-order valence-corrected chi connectivity index (χ3v) is 3.22. The number of aryl methyl sites for hydroxylation is 2. The average Bonchev–Trinajstić information content (AvgIpc) is 2.44. The largest absolute Gasteiger partial charge is 0.466 e. The Morgan fingerprint density at radius 1 is 1.45 bits per heavy atom. The van der Waals surface area contributed by atoms with Gasteiger partial charge in [0.15, 0.2) is 0 Å². The van der Waals surface area contributed by atoms with E-state index in [4.69, 9.17) is 4.74 Å². The summed E-state index contributed by atoms with van der Waals surface area (Å²) in [5.74, 6) is 0.243. The molecule has 0 aliphatic carbocycles. The first kappa shape index (κ1) is 14.3. The van der Waals surface area contributed by atoms with Crippen molar-refractivity contribution < 1.29 is 19.4 Å². The predicted octanol–water partition coefficient (Wildman–Crippen LogP) is 2.01. The van der Waals surface area contributed by atoms with Crippen LogP contribution in [0.4, 0.5) is 10.6 Å². The van der Waals surface area contributed by atoms with E-state index in [0.717, 1.165) is 18.4 Å². The third-order valence-electron chi connectivity index (χ3n) is 3.22. The molecule has 6 heteroatoms. The zero-order valence-electron chi connectivity index (χ0n) is 11.5. The molecule has 108 valence electrons. The van der Waals surface area contributed by atoms with Crippen LogP contribution in [-0.4, -0.2) is 35.3 Å². The standard InChI is InChI=1S/C14H18N2O4/c1-2-20-12(17)8-7-11-6-5-10-4-3-9-16(14(18)19)13(10)15-11/h5-6H,2-4,7-9H2,1H3,(H,18,19). The molecule has 0 saturated heterocycles. The molecule has 0 spiro atoms. The minimum absolute atomic E-state index is 0.257. The molecule has 1 amide bonds. The van der Waals surface area contributed by atoms with Crippen LogP contribution in [-0.2, 0) is 22.4 Å². The molecule has 1 aromatic heterocycles. The summed E-state index contributed by atoms with van der Waals surface area (Å²) < 4.78 is 4.86. The number of ether oxygens (including phenoxy) is 1. The zero-order valence-corrected chi connectivity index (χ0v) is 11.5. The number of pyridine rings is 1. The highest BCUT2D eigenvalue weighted by molar-refractivity contribution is 5.86. The van der Waals surface area contributed by atoms with E-state index in [1.165, 1.54) is 4.90 Å². The molecule has 1 N–H and O–H groups in total. The number of nitrogens with zero attached hydrogens (tertiary/aromatic N) is 2. The zero-order chi connectivity index (χ0) is 14.5. The van der Waals surface area contributed by atoms with Gasteiger partial charge in [0.1, 0.15) is 5.82 Å². The molecule has 0 bridgehead atoms. The first-order valence-corrected chi connectivity index (χ1v) is 6.76. The van der Waals surface area contributed by atoms with Crippen LogP contribution in [0.5, 0.6) is 0 Å². The molecule has 2 heterocycles. The van der Waals surface area contributed by atoms with Crippen LogP contribution < -0.4 is 4.90 Å². The van der Waals surface area contributed by atoms with Gasteiger partial charge in [0, 0.05) is 18.7 Å². The minimum Gasteiger partial charge on any atom is -0.466 e. The van der Waals surface area contributed by atoms with E-state index >= 15 is 0 Å². The van der Waals surface area contributed by atoms with E-state index in [2.05, 4.69) is 4.98 Å². The topological polar surface area (TPSA) is 79.7 Å². The summed E-state index contributed by atoms with van der Waals surface area (Å²) in [6, 6.07) is 3.75. The highest BCUT2D eigenvalue weighted by atomic mass is 16.5. The van der Waals surface area contributed by atoms with Crippen molar-refractivity contribution >= 4 is 17.9 Å². The lowest BCUT2D eigenvalue weighted by molar-refractivity contribution is -0.143. The molecule has 0 unspecified atom stereocenters. The van der Waals surface area contributed by atoms with Crippen LogP contribution >= 0.6 is 0 Å². The van der Waals surface area contributed by atoms with Gasteiger partial charge < -0.3 is 9.84 Å². The van der Waals surface area contributed by atoms with Crippen LogP contribution in [0.1, 0.15) is 31.0 Å². The Kier molecular flexibility index (Phi) is 4.55. The molecule has 0 saturated carbocycles. The number of fused-ring (bicyclic) bond motifs is 1. The maximum absolute atomic E-state index is 11.3. The van der Waals surface area contributed by atoms with Crippen LogP contribution in [0.2, 0.25) is 0 Å². The van der Waals surface area contributed by atoms with Crippen LogP contribution in [0.3, 0.4) is 0 Å². The van der Waals surface area contributed by atoms with Gasteiger partial charge in [0.2, 0.25) is 0 Å². The Morgan fingerprint density at radius 3 is 2.95 bits per heavy atom. The Bertz CT molecular complexity index is 516. The average molecular weight is 278 g/mol. The summed E-state index contributed by atoms with van der Waals surface area (Å²) in [5, 5.41) is 9.18. The summed E-state index contributed by atoms with van der Waals surface area (Å²) in [5.41, 5.74) is 1.66. The van der Waals surface area contributed by atoms with E-state index in [1.54, 1.807) is 6.92 Å². The number of esters is 1. The van der Waals surface area contributed by atoms with E-state index in [1.807, 2.05) is 12.1 Å². The predicted molar refractivity (Wildman–Crippen MR) is 72.9 cm³/mol. The van der Waals surface area contributed by atoms with Gasteiger partial charge in [-0.05, 0) is 31.4 Å². The number of carbonyl (C=O) groups is 2. The normalized spacial score (nSPS) is 13.8. The number of rotatable bonds is 4. The summed E-state index contributed by atoms with van der Waals surface area (Å²) in [6.07, 6.45) is 1.38. The van der Waals surface area contributed by atoms with E-state index in [-0.39, 0.29) is 12.4 Å². The van der Waals surface area contributed by atoms with Gasteiger partial charge in [-0.25, -0.2) is 9.78 Å². The quantitative estimate of drug-likeness (QED) is 0.852. The summed E-state index contributed by atoms with van der Waals surface area (Å²) in [4.78, 5) is 28.2. The van der Waals surface area contributed by atoms with Gasteiger partial charge in [0.25, 0.3) is 0 Å². The number of carbonyl (C=O) groups excluding carboxylic acids is 1. The van der Waals surface area contributed by atoms with Gasteiger partial charge in [-0.15, -0.1) is 0 Å². The fourth-order valence-corrected chi connectivity index (χ4v) is 2.27. The van der Waals surface area contributed by atoms with E-state index < -0.39 is 6.09 Å². The lowest BCUT2D eigenvalue weighted by Crippen LogP contribution is -2.35. The number of carboxylic acid groups (broad SMARTS) is 1. The van der Waals surface area contributed by atoms with Gasteiger partial charge in [-0.2, -0.15) is 0 Å². The van der Waals surface area contributed by atoms with Gasteiger partial charge in [-0.3, -0.25) is 9.69 Å².